The van der Waals surface area contributed by atoms with Gasteiger partial charge in [0.1, 0.15) is 15.9 Å². The number of carboxylic acids is 1. The highest BCUT2D eigenvalue weighted by Crippen LogP contribution is 2.15. The Hall–Kier alpha value is -0.710. The van der Waals surface area contributed by atoms with Gasteiger partial charge in [0.25, 0.3) is 0 Å². The molecule has 0 radical (unpaired) electrons. The molecule has 20 heavy (non-hydrogen) atoms. The summed E-state index contributed by atoms with van der Waals surface area (Å²) in [5.74, 6) is -1.77. The first-order valence-electron chi connectivity index (χ1n) is 6.11. The number of hydrogen-bond acceptors (Lipinski definition) is 6. The summed E-state index contributed by atoms with van der Waals surface area (Å²) >= 11 is 0. The van der Waals surface area contributed by atoms with Crippen molar-refractivity contribution in [2.75, 3.05) is 25.2 Å². The van der Waals surface area contributed by atoms with Crippen LogP contribution < -0.4 is 4.72 Å². The molecule has 1 atom stereocenters. The third kappa shape index (κ3) is 5.73. The molecule has 0 amide bonds. The Labute approximate surface area is 118 Å². The number of aliphatic carboxylic acids is 1. The lowest BCUT2D eigenvalue weighted by molar-refractivity contribution is -0.139. The molecule has 0 aromatic carbocycles. The minimum Gasteiger partial charge on any atom is -0.480 e. The van der Waals surface area contributed by atoms with Gasteiger partial charge in [-0.25, -0.2) is 21.6 Å². The molecule has 118 valence electrons. The highest BCUT2D eigenvalue weighted by Gasteiger charge is 2.32. The highest BCUT2D eigenvalue weighted by molar-refractivity contribution is 7.90. The van der Waals surface area contributed by atoms with E-state index in [1.165, 1.54) is 0 Å². The lowest BCUT2D eigenvalue weighted by Gasteiger charge is -2.24. The molecule has 0 aliphatic carbocycles. The molecule has 0 aromatic heterocycles. The SMILES string of the molecule is CS(=O)(=O)CCC(NS(=O)(=O)C1CCOCC1)C(=O)O. The van der Waals surface area contributed by atoms with Gasteiger partial charge in [0, 0.05) is 19.5 Å². The fourth-order valence-electron chi connectivity index (χ4n) is 1.85. The normalized spacial score (nSPS) is 19.6. The van der Waals surface area contributed by atoms with E-state index in [9.17, 15) is 21.6 Å². The molecule has 1 unspecified atom stereocenters. The summed E-state index contributed by atoms with van der Waals surface area (Å²) in [5, 5.41) is 8.29. The summed E-state index contributed by atoms with van der Waals surface area (Å²) < 4.78 is 53.3. The molecule has 0 aromatic rings. The summed E-state index contributed by atoms with van der Waals surface area (Å²) in [6.45, 7) is 0.624. The van der Waals surface area contributed by atoms with Crippen LogP contribution in [0.5, 0.6) is 0 Å². The van der Waals surface area contributed by atoms with E-state index in [1.807, 2.05) is 0 Å². The van der Waals surface area contributed by atoms with Crippen LogP contribution in [0.2, 0.25) is 0 Å². The zero-order chi connectivity index (χ0) is 15.4. The molecule has 1 aliphatic rings. The summed E-state index contributed by atoms with van der Waals surface area (Å²) in [6, 6.07) is -1.43. The third-order valence-corrected chi connectivity index (χ3v) is 5.93. The molecule has 1 saturated heterocycles. The Morgan fingerprint density at radius 1 is 1.30 bits per heavy atom. The van der Waals surface area contributed by atoms with Gasteiger partial charge >= 0.3 is 5.97 Å². The smallest absolute Gasteiger partial charge is 0.321 e. The van der Waals surface area contributed by atoms with Crippen molar-refractivity contribution in [2.24, 2.45) is 0 Å². The maximum absolute atomic E-state index is 12.0. The number of sulfone groups is 1. The fourth-order valence-corrected chi connectivity index (χ4v) is 4.13. The van der Waals surface area contributed by atoms with E-state index in [1.54, 1.807) is 0 Å². The van der Waals surface area contributed by atoms with Crippen LogP contribution in [0.15, 0.2) is 0 Å². The highest BCUT2D eigenvalue weighted by atomic mass is 32.2. The Balaban J connectivity index is 2.71. The van der Waals surface area contributed by atoms with E-state index in [0.29, 0.717) is 26.1 Å². The van der Waals surface area contributed by atoms with Crippen LogP contribution in [0.1, 0.15) is 19.3 Å². The zero-order valence-corrected chi connectivity index (χ0v) is 12.7. The number of ether oxygens (including phenoxy) is 1. The second kappa shape index (κ2) is 6.83. The number of rotatable bonds is 7. The van der Waals surface area contributed by atoms with Crippen LogP contribution in [0.4, 0.5) is 0 Å². The maximum Gasteiger partial charge on any atom is 0.321 e. The standard InChI is InChI=1S/C10H19NO7S2/c1-19(14,15)7-4-9(10(12)13)11-20(16,17)8-2-5-18-6-3-8/h8-9,11H,2-7H2,1H3,(H,12,13). The van der Waals surface area contributed by atoms with E-state index >= 15 is 0 Å². The van der Waals surface area contributed by atoms with Crippen molar-refractivity contribution in [1.82, 2.24) is 4.72 Å². The van der Waals surface area contributed by atoms with Gasteiger partial charge < -0.3 is 9.84 Å². The first kappa shape index (κ1) is 17.3. The minimum absolute atomic E-state index is 0.295. The molecule has 1 heterocycles. The van der Waals surface area contributed by atoms with Crippen molar-refractivity contribution >= 4 is 25.8 Å². The van der Waals surface area contributed by atoms with E-state index in [4.69, 9.17) is 9.84 Å². The largest absolute Gasteiger partial charge is 0.480 e. The van der Waals surface area contributed by atoms with Crippen LogP contribution >= 0.6 is 0 Å². The predicted molar refractivity (Wildman–Crippen MR) is 71.6 cm³/mol. The Morgan fingerprint density at radius 2 is 1.85 bits per heavy atom. The molecule has 8 nitrogen and oxygen atoms in total. The average Bonchev–Trinajstić information content (AvgIpc) is 2.34. The van der Waals surface area contributed by atoms with Crippen LogP contribution in [-0.4, -0.2) is 64.4 Å². The fraction of sp³-hybridized carbons (Fsp3) is 0.900. The van der Waals surface area contributed by atoms with E-state index in [-0.39, 0.29) is 12.2 Å². The molecule has 0 saturated carbocycles. The predicted octanol–water partition coefficient (Wildman–Crippen LogP) is -1.03. The van der Waals surface area contributed by atoms with Crippen molar-refractivity contribution in [3.63, 3.8) is 0 Å². The van der Waals surface area contributed by atoms with Gasteiger partial charge in [-0.2, -0.15) is 0 Å². The van der Waals surface area contributed by atoms with Gasteiger partial charge in [-0.05, 0) is 19.3 Å². The Morgan fingerprint density at radius 3 is 2.30 bits per heavy atom. The quantitative estimate of drug-likeness (QED) is 0.611. The first-order chi connectivity index (χ1) is 9.12. The summed E-state index contributed by atoms with van der Waals surface area (Å²) in [7, 11) is -7.15. The lowest BCUT2D eigenvalue weighted by Crippen LogP contribution is -2.47. The Kier molecular flexibility index (Phi) is 5.92. The van der Waals surface area contributed by atoms with Crippen LogP contribution in [0.3, 0.4) is 0 Å². The van der Waals surface area contributed by atoms with Crippen LogP contribution in [0.25, 0.3) is 0 Å². The third-order valence-electron chi connectivity index (χ3n) is 2.99. The first-order valence-corrected chi connectivity index (χ1v) is 9.72. The molecule has 0 bridgehead atoms. The zero-order valence-electron chi connectivity index (χ0n) is 11.1. The van der Waals surface area contributed by atoms with Crippen molar-refractivity contribution < 1.29 is 31.5 Å². The second-order valence-corrected chi connectivity index (χ2v) is 9.04. The van der Waals surface area contributed by atoms with Crippen molar-refractivity contribution in [2.45, 2.75) is 30.6 Å². The summed E-state index contributed by atoms with van der Waals surface area (Å²) in [6.07, 6.45) is 1.27. The molecule has 10 heteroatoms. The van der Waals surface area contributed by atoms with Gasteiger partial charge in [-0.3, -0.25) is 4.79 Å². The van der Waals surface area contributed by atoms with E-state index in [0.717, 1.165) is 6.26 Å². The number of nitrogens with one attached hydrogen (secondary N) is 1. The number of carboxylic acid groups (broad SMARTS) is 1. The van der Waals surface area contributed by atoms with E-state index < -0.39 is 37.1 Å². The van der Waals surface area contributed by atoms with Crippen molar-refractivity contribution in [1.29, 1.82) is 0 Å². The van der Waals surface area contributed by atoms with Crippen LogP contribution in [0, 0.1) is 0 Å². The molecular weight excluding hydrogens is 310 g/mol. The van der Waals surface area contributed by atoms with Crippen molar-refractivity contribution in [3.8, 4) is 0 Å². The second-order valence-electron chi connectivity index (χ2n) is 4.78. The monoisotopic (exact) mass is 329 g/mol. The Bertz CT molecular complexity index is 534. The topological polar surface area (TPSA) is 127 Å². The number of sulfonamides is 1. The van der Waals surface area contributed by atoms with Gasteiger partial charge in [0.05, 0.1) is 11.0 Å². The maximum atomic E-state index is 12.0. The molecule has 1 rings (SSSR count). The molecular formula is C10H19NO7S2. The van der Waals surface area contributed by atoms with Crippen LogP contribution in [-0.2, 0) is 29.4 Å². The summed E-state index contributed by atoms with van der Waals surface area (Å²) in [5.41, 5.74) is 0. The van der Waals surface area contributed by atoms with Gasteiger partial charge in [-0.15, -0.1) is 0 Å². The number of hydrogen-bond donors (Lipinski definition) is 2. The van der Waals surface area contributed by atoms with Gasteiger partial charge in [-0.1, -0.05) is 0 Å². The molecule has 1 aliphatic heterocycles. The molecule has 2 N–H and O–H groups in total. The number of carbonyl (C=O) groups is 1. The van der Waals surface area contributed by atoms with E-state index in [2.05, 4.69) is 4.72 Å². The lowest BCUT2D eigenvalue weighted by atomic mass is 10.2. The van der Waals surface area contributed by atoms with Crippen molar-refractivity contribution in [3.05, 3.63) is 0 Å². The minimum atomic E-state index is -3.80. The summed E-state index contributed by atoms with van der Waals surface area (Å²) in [4.78, 5) is 11.0. The molecule has 0 spiro atoms. The van der Waals surface area contributed by atoms with Gasteiger partial charge in [0.2, 0.25) is 10.0 Å². The average molecular weight is 329 g/mol. The van der Waals surface area contributed by atoms with Gasteiger partial charge in [0.15, 0.2) is 0 Å². The molecule has 1 fully saturated rings.